The maximum atomic E-state index is 5.95. The van der Waals surface area contributed by atoms with Gasteiger partial charge in [0.05, 0.1) is 11.6 Å². The standard InChI is InChI=1S/C14H21NO/c1-3-15-13(12-8-5-4-6-9-12)14(2)10-7-11-16-14/h4-6,8-9,13,15H,3,7,10-11H2,1-2H3. The van der Waals surface area contributed by atoms with Gasteiger partial charge in [0, 0.05) is 6.61 Å². The topological polar surface area (TPSA) is 21.3 Å². The SMILES string of the molecule is CCNC(c1ccccc1)C1(C)CCCO1. The number of benzene rings is 1. The summed E-state index contributed by atoms with van der Waals surface area (Å²) in [5, 5.41) is 3.56. The predicted octanol–water partition coefficient (Wildman–Crippen LogP) is 2.91. The Morgan fingerprint density at radius 1 is 1.38 bits per heavy atom. The fraction of sp³-hybridized carbons (Fsp3) is 0.571. The lowest BCUT2D eigenvalue weighted by Crippen LogP contribution is -2.41. The molecule has 0 amide bonds. The van der Waals surface area contributed by atoms with Crippen molar-refractivity contribution in [2.75, 3.05) is 13.2 Å². The van der Waals surface area contributed by atoms with Crippen LogP contribution in [-0.4, -0.2) is 18.8 Å². The van der Waals surface area contributed by atoms with Crippen LogP contribution >= 0.6 is 0 Å². The van der Waals surface area contributed by atoms with E-state index in [9.17, 15) is 0 Å². The number of hydrogen-bond acceptors (Lipinski definition) is 2. The molecule has 0 radical (unpaired) electrons. The lowest BCUT2D eigenvalue weighted by Gasteiger charge is -2.34. The summed E-state index contributed by atoms with van der Waals surface area (Å²) in [5.41, 5.74) is 1.28. The van der Waals surface area contributed by atoms with Gasteiger partial charge in [0.25, 0.3) is 0 Å². The summed E-state index contributed by atoms with van der Waals surface area (Å²) in [6.07, 6.45) is 2.31. The minimum absolute atomic E-state index is 0.0443. The van der Waals surface area contributed by atoms with Gasteiger partial charge in [0.15, 0.2) is 0 Å². The van der Waals surface area contributed by atoms with Crippen molar-refractivity contribution in [1.29, 1.82) is 0 Å². The molecule has 0 saturated carbocycles. The summed E-state index contributed by atoms with van der Waals surface area (Å²) in [7, 11) is 0. The van der Waals surface area contributed by atoms with Crippen LogP contribution in [0, 0.1) is 0 Å². The zero-order valence-corrected chi connectivity index (χ0v) is 10.2. The average molecular weight is 219 g/mol. The second kappa shape index (κ2) is 4.98. The Bertz CT molecular complexity index is 317. The Hall–Kier alpha value is -0.860. The van der Waals surface area contributed by atoms with Crippen molar-refractivity contribution in [2.45, 2.75) is 38.3 Å². The molecule has 1 aliphatic heterocycles. The van der Waals surface area contributed by atoms with E-state index in [0.29, 0.717) is 6.04 Å². The van der Waals surface area contributed by atoms with Crippen LogP contribution in [0.3, 0.4) is 0 Å². The molecule has 2 atom stereocenters. The molecule has 1 fully saturated rings. The van der Waals surface area contributed by atoms with Crippen LogP contribution in [0.1, 0.15) is 38.3 Å². The third kappa shape index (κ3) is 2.28. The molecule has 88 valence electrons. The van der Waals surface area contributed by atoms with Crippen LogP contribution in [0.2, 0.25) is 0 Å². The number of nitrogens with one attached hydrogen (secondary N) is 1. The highest BCUT2D eigenvalue weighted by Crippen LogP contribution is 2.37. The predicted molar refractivity (Wildman–Crippen MR) is 66.5 cm³/mol. The van der Waals surface area contributed by atoms with Crippen molar-refractivity contribution in [1.82, 2.24) is 5.32 Å². The largest absolute Gasteiger partial charge is 0.373 e. The van der Waals surface area contributed by atoms with E-state index in [1.807, 2.05) is 0 Å². The van der Waals surface area contributed by atoms with E-state index in [2.05, 4.69) is 49.5 Å². The van der Waals surface area contributed by atoms with E-state index < -0.39 is 0 Å². The molecule has 0 aliphatic carbocycles. The van der Waals surface area contributed by atoms with Crippen LogP contribution < -0.4 is 5.32 Å². The fourth-order valence-electron chi connectivity index (χ4n) is 2.56. The van der Waals surface area contributed by atoms with Gasteiger partial charge in [-0.3, -0.25) is 0 Å². The minimum atomic E-state index is -0.0443. The zero-order valence-electron chi connectivity index (χ0n) is 10.2. The molecule has 0 bridgehead atoms. The van der Waals surface area contributed by atoms with Gasteiger partial charge < -0.3 is 10.1 Å². The van der Waals surface area contributed by atoms with Crippen molar-refractivity contribution in [3.63, 3.8) is 0 Å². The first-order chi connectivity index (χ1) is 7.76. The second-order valence-corrected chi connectivity index (χ2v) is 4.67. The lowest BCUT2D eigenvalue weighted by molar-refractivity contribution is -0.0120. The van der Waals surface area contributed by atoms with Crippen molar-refractivity contribution >= 4 is 0 Å². The molecule has 1 heterocycles. The van der Waals surface area contributed by atoms with E-state index in [4.69, 9.17) is 4.74 Å². The summed E-state index contributed by atoms with van der Waals surface area (Å²) in [6, 6.07) is 10.9. The van der Waals surface area contributed by atoms with E-state index >= 15 is 0 Å². The van der Waals surface area contributed by atoms with Gasteiger partial charge in [-0.15, -0.1) is 0 Å². The quantitative estimate of drug-likeness (QED) is 0.840. The first-order valence-electron chi connectivity index (χ1n) is 6.18. The Morgan fingerprint density at radius 3 is 2.69 bits per heavy atom. The molecule has 1 aliphatic rings. The second-order valence-electron chi connectivity index (χ2n) is 4.67. The zero-order chi connectivity index (χ0) is 11.4. The summed E-state index contributed by atoms with van der Waals surface area (Å²) in [6.45, 7) is 6.23. The van der Waals surface area contributed by atoms with Crippen molar-refractivity contribution in [3.8, 4) is 0 Å². The van der Waals surface area contributed by atoms with Crippen molar-refractivity contribution in [3.05, 3.63) is 35.9 Å². The van der Waals surface area contributed by atoms with Crippen LogP contribution in [0.5, 0.6) is 0 Å². The molecule has 0 spiro atoms. The lowest BCUT2D eigenvalue weighted by atomic mass is 9.88. The molecule has 1 aromatic carbocycles. The Morgan fingerprint density at radius 2 is 2.12 bits per heavy atom. The van der Waals surface area contributed by atoms with Crippen LogP contribution in [-0.2, 0) is 4.74 Å². The highest BCUT2D eigenvalue weighted by molar-refractivity contribution is 5.22. The summed E-state index contributed by atoms with van der Waals surface area (Å²) >= 11 is 0. The average Bonchev–Trinajstić information content (AvgIpc) is 2.75. The van der Waals surface area contributed by atoms with Crippen LogP contribution in [0.4, 0.5) is 0 Å². The van der Waals surface area contributed by atoms with Crippen molar-refractivity contribution < 1.29 is 4.74 Å². The van der Waals surface area contributed by atoms with E-state index in [1.54, 1.807) is 0 Å². The fourth-order valence-corrected chi connectivity index (χ4v) is 2.56. The smallest absolute Gasteiger partial charge is 0.0849 e. The first kappa shape index (κ1) is 11.6. The van der Waals surface area contributed by atoms with Gasteiger partial charge in [-0.25, -0.2) is 0 Å². The van der Waals surface area contributed by atoms with Gasteiger partial charge in [-0.2, -0.15) is 0 Å². The highest BCUT2D eigenvalue weighted by Gasteiger charge is 2.38. The first-order valence-corrected chi connectivity index (χ1v) is 6.18. The van der Waals surface area contributed by atoms with Crippen LogP contribution in [0.15, 0.2) is 30.3 Å². The summed E-state index contributed by atoms with van der Waals surface area (Å²) in [4.78, 5) is 0. The van der Waals surface area contributed by atoms with Crippen molar-refractivity contribution in [2.24, 2.45) is 0 Å². The van der Waals surface area contributed by atoms with Gasteiger partial charge in [-0.05, 0) is 31.9 Å². The molecular formula is C14H21NO. The number of ether oxygens (including phenoxy) is 1. The number of rotatable bonds is 4. The third-order valence-electron chi connectivity index (χ3n) is 3.40. The maximum Gasteiger partial charge on any atom is 0.0849 e. The summed E-state index contributed by atoms with van der Waals surface area (Å²) < 4.78 is 5.95. The molecule has 2 unspecified atom stereocenters. The van der Waals surface area contributed by atoms with Gasteiger partial charge in [0.2, 0.25) is 0 Å². The molecule has 2 heteroatoms. The Balaban J connectivity index is 2.23. The minimum Gasteiger partial charge on any atom is -0.373 e. The number of likely N-dealkylation sites (N-methyl/N-ethyl adjacent to an activating group) is 1. The Kier molecular flexibility index (Phi) is 3.62. The summed E-state index contributed by atoms with van der Waals surface area (Å²) in [5.74, 6) is 0. The molecular weight excluding hydrogens is 198 g/mol. The van der Waals surface area contributed by atoms with E-state index in [0.717, 1.165) is 19.6 Å². The Labute approximate surface area is 98.0 Å². The molecule has 0 aromatic heterocycles. The third-order valence-corrected chi connectivity index (χ3v) is 3.40. The monoisotopic (exact) mass is 219 g/mol. The van der Waals surface area contributed by atoms with E-state index in [-0.39, 0.29) is 5.60 Å². The molecule has 2 rings (SSSR count). The normalized spacial score (nSPS) is 26.9. The van der Waals surface area contributed by atoms with Crippen LogP contribution in [0.25, 0.3) is 0 Å². The van der Waals surface area contributed by atoms with Gasteiger partial charge in [0.1, 0.15) is 0 Å². The molecule has 1 N–H and O–H groups in total. The molecule has 16 heavy (non-hydrogen) atoms. The van der Waals surface area contributed by atoms with Gasteiger partial charge in [-0.1, -0.05) is 37.3 Å². The number of hydrogen-bond donors (Lipinski definition) is 1. The molecule has 1 saturated heterocycles. The van der Waals surface area contributed by atoms with E-state index in [1.165, 1.54) is 12.0 Å². The maximum absolute atomic E-state index is 5.95. The molecule has 1 aromatic rings. The highest BCUT2D eigenvalue weighted by atomic mass is 16.5. The van der Waals surface area contributed by atoms with Gasteiger partial charge >= 0.3 is 0 Å². The molecule has 2 nitrogen and oxygen atoms in total.